The highest BCUT2D eigenvalue weighted by molar-refractivity contribution is 5.81. The summed E-state index contributed by atoms with van der Waals surface area (Å²) in [5.74, 6) is -0.442. The van der Waals surface area contributed by atoms with Crippen LogP contribution in [-0.4, -0.2) is 37.4 Å². The van der Waals surface area contributed by atoms with Crippen LogP contribution in [0.4, 0.5) is 0 Å². The predicted octanol–water partition coefficient (Wildman–Crippen LogP) is 2.57. The summed E-state index contributed by atoms with van der Waals surface area (Å²) in [4.78, 5) is 23.6. The summed E-state index contributed by atoms with van der Waals surface area (Å²) < 4.78 is 15.6. The lowest BCUT2D eigenvalue weighted by Crippen LogP contribution is -2.33. The molecule has 118 valence electrons. The highest BCUT2D eigenvalue weighted by Gasteiger charge is 2.26. The summed E-state index contributed by atoms with van der Waals surface area (Å²) in [6.45, 7) is 12.1. The Balaban J connectivity index is 4.39. The molecule has 0 aliphatic heterocycles. The molecule has 0 spiro atoms. The molecule has 0 fully saturated rings. The molecule has 0 saturated carbocycles. The summed E-state index contributed by atoms with van der Waals surface area (Å²) in [7, 11) is 0. The molecule has 20 heavy (non-hydrogen) atoms. The molecule has 1 atom stereocenters. The van der Waals surface area contributed by atoms with E-state index in [4.69, 9.17) is 14.2 Å². The zero-order chi connectivity index (χ0) is 15.7. The predicted molar refractivity (Wildman–Crippen MR) is 76.2 cm³/mol. The number of hydrogen-bond donors (Lipinski definition) is 0. The smallest absolute Gasteiger partial charge is 0.335 e. The Morgan fingerprint density at radius 1 is 0.850 bits per heavy atom. The minimum absolute atomic E-state index is 0.109. The van der Waals surface area contributed by atoms with E-state index in [1.165, 1.54) is 0 Å². The maximum Gasteiger partial charge on any atom is 0.335 e. The van der Waals surface area contributed by atoms with Crippen LogP contribution in [0.25, 0.3) is 0 Å². The summed E-state index contributed by atoms with van der Waals surface area (Å²) in [5.41, 5.74) is 0. The van der Waals surface area contributed by atoms with E-state index >= 15 is 0 Å². The van der Waals surface area contributed by atoms with E-state index in [1.807, 2.05) is 41.5 Å². The molecule has 0 aromatic rings. The fraction of sp³-hybridized carbons (Fsp3) is 0.867. The first-order chi connectivity index (χ1) is 9.22. The first-order valence-electron chi connectivity index (χ1n) is 7.20. The molecule has 5 heteroatoms. The van der Waals surface area contributed by atoms with E-state index in [0.29, 0.717) is 13.2 Å². The Morgan fingerprint density at radius 3 is 1.80 bits per heavy atom. The summed E-state index contributed by atoms with van der Waals surface area (Å²) in [5, 5.41) is 0. The van der Waals surface area contributed by atoms with Gasteiger partial charge in [0.15, 0.2) is 6.10 Å². The van der Waals surface area contributed by atoms with Gasteiger partial charge in [0, 0.05) is 0 Å². The minimum Gasteiger partial charge on any atom is -0.465 e. The molecular weight excluding hydrogens is 260 g/mol. The second kappa shape index (κ2) is 9.75. The molecule has 0 aliphatic rings. The van der Waals surface area contributed by atoms with Crippen molar-refractivity contribution in [3.63, 3.8) is 0 Å². The Hall–Kier alpha value is -1.10. The van der Waals surface area contributed by atoms with Crippen molar-refractivity contribution >= 4 is 11.9 Å². The van der Waals surface area contributed by atoms with Crippen LogP contribution in [0.5, 0.6) is 0 Å². The lowest BCUT2D eigenvalue weighted by molar-refractivity contribution is -0.167. The Morgan fingerprint density at radius 2 is 1.35 bits per heavy atom. The number of esters is 2. The van der Waals surface area contributed by atoms with Gasteiger partial charge in [0.1, 0.15) is 0 Å². The molecule has 0 heterocycles. The number of rotatable bonds is 9. The molecule has 0 radical (unpaired) electrons. The van der Waals surface area contributed by atoms with Gasteiger partial charge in [-0.2, -0.15) is 0 Å². The molecule has 0 rings (SSSR count). The molecule has 0 saturated heterocycles. The first-order valence-corrected chi connectivity index (χ1v) is 7.20. The molecule has 1 unspecified atom stereocenters. The monoisotopic (exact) mass is 288 g/mol. The van der Waals surface area contributed by atoms with Crippen molar-refractivity contribution in [2.75, 3.05) is 13.2 Å². The average molecular weight is 288 g/mol. The number of ether oxygens (including phenoxy) is 3. The van der Waals surface area contributed by atoms with Gasteiger partial charge in [-0.25, -0.2) is 4.79 Å². The third-order valence-electron chi connectivity index (χ3n) is 2.19. The average Bonchev–Trinajstić information content (AvgIpc) is 2.32. The topological polar surface area (TPSA) is 61.8 Å². The van der Waals surface area contributed by atoms with Crippen molar-refractivity contribution in [1.82, 2.24) is 0 Å². The highest BCUT2D eigenvalue weighted by atomic mass is 16.6. The van der Waals surface area contributed by atoms with Crippen molar-refractivity contribution < 1.29 is 23.8 Å². The van der Waals surface area contributed by atoms with Gasteiger partial charge in [-0.3, -0.25) is 4.79 Å². The second-order valence-electron chi connectivity index (χ2n) is 5.98. The highest BCUT2D eigenvalue weighted by Crippen LogP contribution is 2.09. The van der Waals surface area contributed by atoms with Crippen LogP contribution in [0.2, 0.25) is 0 Å². The SMILES string of the molecule is CC(C)COC(=O)CC(OC(C)C)C(=O)OCC(C)C. The zero-order valence-electron chi connectivity index (χ0n) is 13.5. The van der Waals surface area contributed by atoms with Crippen LogP contribution in [0.1, 0.15) is 48.0 Å². The van der Waals surface area contributed by atoms with Crippen LogP contribution in [-0.2, 0) is 23.8 Å². The van der Waals surface area contributed by atoms with Gasteiger partial charge >= 0.3 is 11.9 Å². The van der Waals surface area contributed by atoms with Gasteiger partial charge in [-0.05, 0) is 25.7 Å². The first kappa shape index (κ1) is 18.9. The molecule has 0 bridgehead atoms. The quantitative estimate of drug-likeness (QED) is 0.610. The Labute approximate surface area is 122 Å². The van der Waals surface area contributed by atoms with Crippen molar-refractivity contribution in [2.24, 2.45) is 11.8 Å². The molecule has 0 aromatic carbocycles. The minimum atomic E-state index is -0.895. The van der Waals surface area contributed by atoms with Crippen LogP contribution >= 0.6 is 0 Å². The van der Waals surface area contributed by atoms with Crippen LogP contribution in [0, 0.1) is 11.8 Å². The van der Waals surface area contributed by atoms with Gasteiger partial charge in [0.2, 0.25) is 0 Å². The maximum absolute atomic E-state index is 11.9. The van der Waals surface area contributed by atoms with Crippen LogP contribution in [0.3, 0.4) is 0 Å². The standard InChI is InChI=1S/C15H28O5/c1-10(2)8-18-14(16)7-13(20-12(5)6)15(17)19-9-11(3)4/h10-13H,7-9H2,1-6H3. The van der Waals surface area contributed by atoms with Crippen molar-refractivity contribution in [2.45, 2.75) is 60.2 Å². The van der Waals surface area contributed by atoms with E-state index in [1.54, 1.807) is 0 Å². The number of hydrogen-bond acceptors (Lipinski definition) is 5. The molecule has 0 aliphatic carbocycles. The van der Waals surface area contributed by atoms with E-state index in [0.717, 1.165) is 0 Å². The van der Waals surface area contributed by atoms with Gasteiger partial charge in [0.05, 0.1) is 25.7 Å². The van der Waals surface area contributed by atoms with Gasteiger partial charge < -0.3 is 14.2 Å². The lowest BCUT2D eigenvalue weighted by atomic mass is 10.2. The van der Waals surface area contributed by atoms with Gasteiger partial charge in [0.25, 0.3) is 0 Å². The van der Waals surface area contributed by atoms with E-state index in [-0.39, 0.29) is 24.4 Å². The van der Waals surface area contributed by atoms with Crippen LogP contribution < -0.4 is 0 Å². The van der Waals surface area contributed by atoms with Gasteiger partial charge in [-0.15, -0.1) is 0 Å². The Bertz CT molecular complexity index is 297. The summed E-state index contributed by atoms with van der Waals surface area (Å²) in [6.07, 6.45) is -1.17. The molecule has 5 nitrogen and oxygen atoms in total. The normalized spacial score (nSPS) is 12.8. The second-order valence-corrected chi connectivity index (χ2v) is 5.98. The molecule has 0 N–H and O–H groups in total. The molecular formula is C15H28O5. The zero-order valence-corrected chi connectivity index (χ0v) is 13.5. The van der Waals surface area contributed by atoms with E-state index in [9.17, 15) is 9.59 Å². The third-order valence-corrected chi connectivity index (χ3v) is 2.19. The fourth-order valence-corrected chi connectivity index (χ4v) is 1.33. The van der Waals surface area contributed by atoms with Gasteiger partial charge in [-0.1, -0.05) is 27.7 Å². The fourth-order valence-electron chi connectivity index (χ4n) is 1.33. The van der Waals surface area contributed by atoms with Crippen molar-refractivity contribution in [3.8, 4) is 0 Å². The Kier molecular flexibility index (Phi) is 9.21. The number of carbonyl (C=O) groups is 2. The van der Waals surface area contributed by atoms with E-state index < -0.39 is 18.0 Å². The van der Waals surface area contributed by atoms with Crippen molar-refractivity contribution in [3.05, 3.63) is 0 Å². The maximum atomic E-state index is 11.9. The summed E-state index contributed by atoms with van der Waals surface area (Å²) >= 11 is 0. The lowest BCUT2D eigenvalue weighted by Gasteiger charge is -2.19. The van der Waals surface area contributed by atoms with E-state index in [2.05, 4.69) is 0 Å². The number of carbonyl (C=O) groups excluding carboxylic acids is 2. The largest absolute Gasteiger partial charge is 0.465 e. The summed E-state index contributed by atoms with van der Waals surface area (Å²) in [6, 6.07) is 0. The van der Waals surface area contributed by atoms with Crippen molar-refractivity contribution in [1.29, 1.82) is 0 Å². The third kappa shape index (κ3) is 9.78. The molecule has 0 amide bonds. The molecule has 0 aromatic heterocycles. The van der Waals surface area contributed by atoms with Crippen LogP contribution in [0.15, 0.2) is 0 Å².